The largest absolute Gasteiger partial charge is 0.351 e. The molecule has 11 heteroatoms. The monoisotopic (exact) mass is 441 g/mol. The molecule has 1 aliphatic rings. The molecule has 1 aromatic carbocycles. The van der Waals surface area contributed by atoms with Gasteiger partial charge in [-0.1, -0.05) is 6.58 Å². The topological polar surface area (TPSA) is 137 Å². The van der Waals surface area contributed by atoms with Crippen molar-refractivity contribution < 1.29 is 14.9 Å². The zero-order valence-corrected chi connectivity index (χ0v) is 17.9. The standard InChI is InChI=1S/C21H27N7O4/c1-3-26(2)19-5-4-18(28(31)32)10-16(19)12-22-11-15-6-8-27(9-7-15)21-23-13-17(14-24-21)20(29)25-30/h3-5,10,13-15,22,30H,1,6-9,11-12H2,2H3,(H,25,29). The number of piperidine rings is 1. The smallest absolute Gasteiger partial charge is 0.277 e. The first-order chi connectivity index (χ1) is 15.4. The van der Waals surface area contributed by atoms with Gasteiger partial charge in [-0.3, -0.25) is 20.1 Å². The minimum atomic E-state index is -0.646. The summed E-state index contributed by atoms with van der Waals surface area (Å²) in [7, 11) is 1.86. The number of hydroxylamine groups is 1. The SMILES string of the molecule is C=CN(C)c1ccc([N+](=O)[O-])cc1CNCC1CCN(c2ncc(C(=O)NO)cn2)CC1. The van der Waals surface area contributed by atoms with Gasteiger partial charge < -0.3 is 15.1 Å². The molecule has 0 radical (unpaired) electrons. The Kier molecular flexibility index (Phi) is 7.68. The number of carbonyl (C=O) groups excluding carboxylic acids is 1. The fraction of sp³-hybridized carbons (Fsp3) is 0.381. The van der Waals surface area contributed by atoms with Gasteiger partial charge in [-0.2, -0.15) is 0 Å². The lowest BCUT2D eigenvalue weighted by atomic mass is 9.97. The Bertz CT molecular complexity index is 959. The number of benzene rings is 1. The van der Waals surface area contributed by atoms with Crippen LogP contribution in [0.2, 0.25) is 0 Å². The molecular formula is C21H27N7O4. The van der Waals surface area contributed by atoms with Crippen LogP contribution in [-0.4, -0.2) is 52.7 Å². The van der Waals surface area contributed by atoms with Gasteiger partial charge in [-0.15, -0.1) is 0 Å². The summed E-state index contributed by atoms with van der Waals surface area (Å²) in [6.45, 7) is 6.66. The molecule has 1 amide bonds. The van der Waals surface area contributed by atoms with Gasteiger partial charge in [0.1, 0.15) is 0 Å². The van der Waals surface area contributed by atoms with E-state index >= 15 is 0 Å². The zero-order valence-electron chi connectivity index (χ0n) is 17.9. The van der Waals surface area contributed by atoms with Crippen LogP contribution >= 0.6 is 0 Å². The summed E-state index contributed by atoms with van der Waals surface area (Å²) in [6.07, 6.45) is 6.34. The third-order valence-corrected chi connectivity index (χ3v) is 5.58. The summed E-state index contributed by atoms with van der Waals surface area (Å²) in [5.74, 6) is 0.372. The van der Waals surface area contributed by atoms with Gasteiger partial charge in [0, 0.05) is 56.9 Å². The highest BCUT2D eigenvalue weighted by Crippen LogP contribution is 2.25. The molecule has 3 N–H and O–H groups in total. The number of nitrogens with zero attached hydrogens (tertiary/aromatic N) is 5. The minimum absolute atomic E-state index is 0.0683. The van der Waals surface area contributed by atoms with Crippen LogP contribution in [0.3, 0.4) is 0 Å². The summed E-state index contributed by atoms with van der Waals surface area (Å²) in [5.41, 5.74) is 3.54. The molecule has 3 rings (SSSR count). The van der Waals surface area contributed by atoms with Crippen LogP contribution in [0.15, 0.2) is 43.4 Å². The Labute approximate surface area is 185 Å². The molecule has 0 spiro atoms. The average molecular weight is 441 g/mol. The summed E-state index contributed by atoms with van der Waals surface area (Å²) in [6, 6.07) is 4.84. The number of nitro groups is 1. The number of carbonyl (C=O) groups is 1. The Balaban J connectivity index is 1.52. The molecule has 0 aliphatic carbocycles. The molecule has 1 saturated heterocycles. The maximum atomic E-state index is 11.4. The van der Waals surface area contributed by atoms with Gasteiger partial charge in [-0.05, 0) is 43.1 Å². The fourth-order valence-corrected chi connectivity index (χ4v) is 3.68. The van der Waals surface area contributed by atoms with E-state index in [1.54, 1.807) is 23.8 Å². The van der Waals surface area contributed by atoms with Crippen LogP contribution in [0, 0.1) is 16.0 Å². The van der Waals surface area contributed by atoms with E-state index in [-0.39, 0.29) is 16.2 Å². The molecule has 11 nitrogen and oxygen atoms in total. The highest BCUT2D eigenvalue weighted by molar-refractivity contribution is 5.92. The van der Waals surface area contributed by atoms with Crippen LogP contribution in [0.5, 0.6) is 0 Å². The van der Waals surface area contributed by atoms with Crippen molar-refractivity contribution in [1.29, 1.82) is 0 Å². The van der Waals surface area contributed by atoms with Crippen LogP contribution in [0.4, 0.5) is 17.3 Å². The number of rotatable bonds is 9. The van der Waals surface area contributed by atoms with E-state index in [1.165, 1.54) is 18.5 Å². The van der Waals surface area contributed by atoms with Gasteiger partial charge in [0.25, 0.3) is 11.6 Å². The number of nitro benzene ring substituents is 1. The van der Waals surface area contributed by atoms with E-state index in [9.17, 15) is 14.9 Å². The number of amides is 1. The van der Waals surface area contributed by atoms with Gasteiger partial charge in [0.2, 0.25) is 5.95 Å². The minimum Gasteiger partial charge on any atom is -0.351 e. The van der Waals surface area contributed by atoms with Crippen molar-refractivity contribution in [3.8, 4) is 0 Å². The van der Waals surface area contributed by atoms with Crippen molar-refractivity contribution >= 4 is 23.2 Å². The summed E-state index contributed by atoms with van der Waals surface area (Å²) in [4.78, 5) is 34.5. The molecule has 1 aliphatic heterocycles. The lowest BCUT2D eigenvalue weighted by Crippen LogP contribution is -2.38. The van der Waals surface area contributed by atoms with E-state index in [4.69, 9.17) is 5.21 Å². The summed E-state index contributed by atoms with van der Waals surface area (Å²) >= 11 is 0. The van der Waals surface area contributed by atoms with Crippen LogP contribution in [0.1, 0.15) is 28.8 Å². The van der Waals surface area contributed by atoms with Crippen LogP contribution < -0.4 is 20.6 Å². The molecule has 1 aromatic heterocycles. The molecule has 0 atom stereocenters. The first-order valence-electron chi connectivity index (χ1n) is 10.3. The normalized spacial score (nSPS) is 14.1. The van der Waals surface area contributed by atoms with Gasteiger partial charge in [0.05, 0.1) is 10.5 Å². The quantitative estimate of drug-likeness (QED) is 0.303. The number of aromatic nitrogens is 2. The molecule has 0 saturated carbocycles. The first kappa shape index (κ1) is 23.1. The van der Waals surface area contributed by atoms with Crippen molar-refractivity contribution in [2.24, 2.45) is 5.92 Å². The zero-order chi connectivity index (χ0) is 23.1. The lowest BCUT2D eigenvalue weighted by molar-refractivity contribution is -0.384. The Morgan fingerprint density at radius 3 is 2.66 bits per heavy atom. The van der Waals surface area contributed by atoms with E-state index in [0.29, 0.717) is 18.4 Å². The van der Waals surface area contributed by atoms with E-state index in [2.05, 4.69) is 26.8 Å². The Morgan fingerprint density at radius 1 is 1.38 bits per heavy atom. The van der Waals surface area contributed by atoms with Crippen molar-refractivity contribution in [1.82, 2.24) is 20.8 Å². The molecular weight excluding hydrogens is 414 g/mol. The fourth-order valence-electron chi connectivity index (χ4n) is 3.68. The second-order valence-electron chi connectivity index (χ2n) is 7.64. The van der Waals surface area contributed by atoms with Gasteiger partial charge in [-0.25, -0.2) is 15.4 Å². The molecule has 2 heterocycles. The number of hydrogen-bond donors (Lipinski definition) is 3. The Morgan fingerprint density at radius 2 is 2.06 bits per heavy atom. The molecule has 2 aromatic rings. The molecule has 1 fully saturated rings. The summed E-state index contributed by atoms with van der Waals surface area (Å²) in [5, 5.41) is 23.2. The van der Waals surface area contributed by atoms with Crippen LogP contribution in [0.25, 0.3) is 0 Å². The number of nitrogens with one attached hydrogen (secondary N) is 2. The molecule has 0 unspecified atom stereocenters. The number of anilines is 2. The van der Waals surface area contributed by atoms with Crippen molar-refractivity contribution in [2.75, 3.05) is 36.5 Å². The van der Waals surface area contributed by atoms with E-state index < -0.39 is 5.91 Å². The summed E-state index contributed by atoms with van der Waals surface area (Å²) < 4.78 is 0. The average Bonchev–Trinajstić information content (AvgIpc) is 2.83. The maximum absolute atomic E-state index is 11.4. The van der Waals surface area contributed by atoms with Crippen LogP contribution in [-0.2, 0) is 6.54 Å². The molecule has 170 valence electrons. The highest BCUT2D eigenvalue weighted by atomic mass is 16.6. The van der Waals surface area contributed by atoms with Gasteiger partial charge in [0.15, 0.2) is 0 Å². The maximum Gasteiger partial charge on any atom is 0.277 e. The second-order valence-corrected chi connectivity index (χ2v) is 7.64. The van der Waals surface area contributed by atoms with Crippen molar-refractivity contribution in [2.45, 2.75) is 19.4 Å². The molecule has 0 bridgehead atoms. The van der Waals surface area contributed by atoms with Gasteiger partial charge >= 0.3 is 0 Å². The van der Waals surface area contributed by atoms with Crippen molar-refractivity contribution in [3.05, 3.63) is 64.6 Å². The predicted octanol–water partition coefficient (Wildman–Crippen LogP) is 2.09. The number of hydrogen-bond acceptors (Lipinski definition) is 9. The number of non-ortho nitro benzene ring substituents is 1. The van der Waals surface area contributed by atoms with E-state index in [0.717, 1.165) is 43.7 Å². The highest BCUT2D eigenvalue weighted by Gasteiger charge is 2.21. The predicted molar refractivity (Wildman–Crippen MR) is 120 cm³/mol. The third kappa shape index (κ3) is 5.56. The molecule has 32 heavy (non-hydrogen) atoms. The lowest BCUT2D eigenvalue weighted by Gasteiger charge is -2.32. The third-order valence-electron chi connectivity index (χ3n) is 5.58. The first-order valence-corrected chi connectivity index (χ1v) is 10.3. The van der Waals surface area contributed by atoms with Crippen molar-refractivity contribution in [3.63, 3.8) is 0 Å². The Hall–Kier alpha value is -3.57. The second kappa shape index (κ2) is 10.6. The van der Waals surface area contributed by atoms with E-state index in [1.807, 2.05) is 11.9 Å².